The lowest BCUT2D eigenvalue weighted by molar-refractivity contribution is -0.149. The summed E-state index contributed by atoms with van der Waals surface area (Å²) in [6, 6.07) is 0. The number of esters is 1. The number of rotatable bonds is 6. The van der Waals surface area contributed by atoms with E-state index in [1.54, 1.807) is 0 Å². The van der Waals surface area contributed by atoms with E-state index < -0.39 is 11.8 Å². The third-order valence-corrected chi connectivity index (χ3v) is 4.14. The van der Waals surface area contributed by atoms with Crippen molar-refractivity contribution in [1.29, 1.82) is 0 Å². The minimum absolute atomic E-state index is 0.233. The molecule has 2 aliphatic rings. The zero-order valence-corrected chi connectivity index (χ0v) is 10.9. The summed E-state index contributed by atoms with van der Waals surface area (Å²) in [4.78, 5) is 33.3. The molecule has 3 N–H and O–H groups in total. The number of hydrogen-bond acceptors (Lipinski definition) is 4. The van der Waals surface area contributed by atoms with Gasteiger partial charge in [-0.3, -0.25) is 14.4 Å². The number of carbonyl (C=O) groups excluding carboxylic acids is 3. The SMILES string of the molecule is NC(=O)CNC(=O)COC(=O)C[C@H]1C[C@@H]2CC[C@H]1C2. The molecule has 3 atom stereocenters. The molecule has 0 aromatic rings. The lowest BCUT2D eigenvalue weighted by Gasteiger charge is -2.20. The highest BCUT2D eigenvalue weighted by Gasteiger charge is 2.40. The molecule has 0 aromatic heterocycles. The molecule has 6 heteroatoms. The van der Waals surface area contributed by atoms with E-state index in [1.165, 1.54) is 19.3 Å². The monoisotopic (exact) mass is 268 g/mol. The van der Waals surface area contributed by atoms with Crippen molar-refractivity contribution in [3.63, 3.8) is 0 Å². The van der Waals surface area contributed by atoms with E-state index in [4.69, 9.17) is 10.5 Å². The molecule has 0 aromatic carbocycles. The first-order chi connectivity index (χ1) is 9.04. The van der Waals surface area contributed by atoms with Crippen LogP contribution in [0.25, 0.3) is 0 Å². The standard InChI is InChI=1S/C13H20N2O4/c14-11(16)6-15-12(17)7-19-13(18)5-10-4-8-1-2-9(10)3-8/h8-10H,1-7H2,(H2,14,16)(H,15,17)/t8-,9+,10-/m1/s1. The molecule has 0 saturated heterocycles. The third-order valence-electron chi connectivity index (χ3n) is 4.14. The molecule has 19 heavy (non-hydrogen) atoms. The molecule has 2 rings (SSSR count). The van der Waals surface area contributed by atoms with Gasteiger partial charge in [0.1, 0.15) is 0 Å². The molecule has 0 unspecified atom stereocenters. The molecule has 2 amide bonds. The Morgan fingerprint density at radius 2 is 2.00 bits per heavy atom. The van der Waals surface area contributed by atoms with Crippen molar-refractivity contribution in [2.75, 3.05) is 13.2 Å². The fourth-order valence-corrected chi connectivity index (χ4v) is 3.28. The number of primary amides is 1. The summed E-state index contributed by atoms with van der Waals surface area (Å²) in [7, 11) is 0. The number of nitrogens with two attached hydrogens (primary N) is 1. The number of hydrogen-bond donors (Lipinski definition) is 2. The van der Waals surface area contributed by atoms with Gasteiger partial charge in [-0.25, -0.2) is 0 Å². The molecule has 0 aliphatic heterocycles. The van der Waals surface area contributed by atoms with Gasteiger partial charge in [-0.2, -0.15) is 0 Å². The van der Waals surface area contributed by atoms with Crippen LogP contribution in [0.3, 0.4) is 0 Å². The molecule has 2 bridgehead atoms. The zero-order valence-electron chi connectivity index (χ0n) is 10.9. The molecule has 0 radical (unpaired) electrons. The first-order valence-corrected chi connectivity index (χ1v) is 6.75. The Morgan fingerprint density at radius 3 is 2.58 bits per heavy atom. The van der Waals surface area contributed by atoms with Crippen LogP contribution in [0.5, 0.6) is 0 Å². The lowest BCUT2D eigenvalue weighted by atomic mass is 9.86. The van der Waals surface area contributed by atoms with Gasteiger partial charge in [0.2, 0.25) is 5.91 Å². The highest BCUT2D eigenvalue weighted by molar-refractivity contribution is 5.85. The van der Waals surface area contributed by atoms with Crippen LogP contribution in [-0.4, -0.2) is 30.9 Å². The van der Waals surface area contributed by atoms with Crippen LogP contribution >= 0.6 is 0 Å². The summed E-state index contributed by atoms with van der Waals surface area (Å²) in [6.45, 7) is -0.574. The zero-order chi connectivity index (χ0) is 13.8. The summed E-state index contributed by atoms with van der Waals surface area (Å²) >= 11 is 0. The largest absolute Gasteiger partial charge is 0.456 e. The van der Waals surface area contributed by atoms with Gasteiger partial charge in [0.05, 0.1) is 6.54 Å². The highest BCUT2D eigenvalue weighted by atomic mass is 16.5. The number of fused-ring (bicyclic) bond motifs is 2. The predicted octanol–water partition coefficient (Wildman–Crippen LogP) is -0.0426. The molecular weight excluding hydrogens is 248 g/mol. The minimum Gasteiger partial charge on any atom is -0.456 e. The summed E-state index contributed by atoms with van der Waals surface area (Å²) < 4.78 is 4.90. The number of amides is 2. The van der Waals surface area contributed by atoms with Crippen LogP contribution in [-0.2, 0) is 19.1 Å². The maximum Gasteiger partial charge on any atom is 0.306 e. The van der Waals surface area contributed by atoms with Gasteiger partial charge in [0, 0.05) is 6.42 Å². The molecule has 2 saturated carbocycles. The van der Waals surface area contributed by atoms with Crippen molar-refractivity contribution in [2.24, 2.45) is 23.5 Å². The van der Waals surface area contributed by atoms with Crippen molar-refractivity contribution in [3.8, 4) is 0 Å². The van der Waals surface area contributed by atoms with Crippen LogP contribution < -0.4 is 11.1 Å². The Labute approximate surface area is 112 Å². The van der Waals surface area contributed by atoms with E-state index in [-0.39, 0.29) is 19.1 Å². The van der Waals surface area contributed by atoms with E-state index in [1.807, 2.05) is 0 Å². The first kappa shape index (κ1) is 13.8. The van der Waals surface area contributed by atoms with Gasteiger partial charge >= 0.3 is 5.97 Å². The Balaban J connectivity index is 1.62. The summed E-state index contributed by atoms with van der Waals surface area (Å²) in [5.74, 6) is 0.441. The maximum absolute atomic E-state index is 11.6. The van der Waals surface area contributed by atoms with E-state index in [0.29, 0.717) is 18.3 Å². The van der Waals surface area contributed by atoms with Gasteiger partial charge in [-0.1, -0.05) is 6.42 Å². The molecule has 106 valence electrons. The van der Waals surface area contributed by atoms with Crippen LogP contribution in [0.4, 0.5) is 0 Å². The van der Waals surface area contributed by atoms with Gasteiger partial charge in [0.25, 0.3) is 5.91 Å². The molecular formula is C13H20N2O4. The van der Waals surface area contributed by atoms with E-state index in [2.05, 4.69) is 5.32 Å². The second kappa shape index (κ2) is 6.04. The number of carbonyl (C=O) groups is 3. The Kier molecular flexibility index (Phi) is 4.39. The van der Waals surface area contributed by atoms with Gasteiger partial charge in [-0.15, -0.1) is 0 Å². The Bertz CT molecular complexity index is 383. The van der Waals surface area contributed by atoms with E-state index in [9.17, 15) is 14.4 Å². The Hall–Kier alpha value is -1.59. The Morgan fingerprint density at radius 1 is 1.21 bits per heavy atom. The normalized spacial score (nSPS) is 28.1. The topological polar surface area (TPSA) is 98.5 Å². The van der Waals surface area contributed by atoms with Gasteiger partial charge in [0.15, 0.2) is 6.61 Å². The van der Waals surface area contributed by atoms with Crippen LogP contribution in [0, 0.1) is 17.8 Å². The molecule has 0 spiro atoms. The fraction of sp³-hybridized carbons (Fsp3) is 0.769. The average molecular weight is 268 g/mol. The van der Waals surface area contributed by atoms with E-state index >= 15 is 0 Å². The number of nitrogens with one attached hydrogen (secondary N) is 1. The van der Waals surface area contributed by atoms with Crippen molar-refractivity contribution in [1.82, 2.24) is 5.32 Å². The smallest absolute Gasteiger partial charge is 0.306 e. The van der Waals surface area contributed by atoms with Crippen molar-refractivity contribution >= 4 is 17.8 Å². The van der Waals surface area contributed by atoms with Crippen LogP contribution in [0.2, 0.25) is 0 Å². The summed E-state index contributed by atoms with van der Waals surface area (Å²) in [6.07, 6.45) is 5.29. The quantitative estimate of drug-likeness (QED) is 0.660. The van der Waals surface area contributed by atoms with Gasteiger partial charge in [-0.05, 0) is 37.0 Å². The number of ether oxygens (including phenoxy) is 1. The molecule has 2 aliphatic carbocycles. The minimum atomic E-state index is -0.623. The molecule has 0 heterocycles. The first-order valence-electron chi connectivity index (χ1n) is 6.75. The molecule has 6 nitrogen and oxygen atoms in total. The van der Waals surface area contributed by atoms with Crippen LogP contribution in [0.1, 0.15) is 32.1 Å². The highest BCUT2D eigenvalue weighted by Crippen LogP contribution is 2.49. The fourth-order valence-electron chi connectivity index (χ4n) is 3.28. The van der Waals surface area contributed by atoms with Crippen LogP contribution in [0.15, 0.2) is 0 Å². The van der Waals surface area contributed by atoms with Gasteiger partial charge < -0.3 is 15.8 Å². The average Bonchev–Trinajstić information content (AvgIpc) is 2.96. The third kappa shape index (κ3) is 3.94. The summed E-state index contributed by atoms with van der Waals surface area (Å²) in [5, 5.41) is 2.27. The second-order valence-corrected chi connectivity index (χ2v) is 5.54. The van der Waals surface area contributed by atoms with Crippen molar-refractivity contribution in [2.45, 2.75) is 32.1 Å². The van der Waals surface area contributed by atoms with E-state index in [0.717, 1.165) is 12.3 Å². The molecule has 2 fully saturated rings. The predicted molar refractivity (Wildman–Crippen MR) is 66.7 cm³/mol. The van der Waals surface area contributed by atoms with Crippen molar-refractivity contribution in [3.05, 3.63) is 0 Å². The second-order valence-electron chi connectivity index (χ2n) is 5.54. The van der Waals surface area contributed by atoms with Crippen molar-refractivity contribution < 1.29 is 19.1 Å². The lowest BCUT2D eigenvalue weighted by Crippen LogP contribution is -2.36. The maximum atomic E-state index is 11.6. The summed E-state index contributed by atoms with van der Waals surface area (Å²) in [5.41, 5.74) is 4.88.